The van der Waals surface area contributed by atoms with Crippen LogP contribution in [0.3, 0.4) is 0 Å². The zero-order chi connectivity index (χ0) is 30.6. The Morgan fingerprint density at radius 3 is 2.31 bits per heavy atom. The van der Waals surface area contributed by atoms with Crippen LogP contribution in [0.4, 0.5) is 5.69 Å². The number of amides is 1. The minimum atomic E-state index is -0.912. The number of rotatable bonds is 17. The highest BCUT2D eigenvalue weighted by Gasteiger charge is 2.41. The van der Waals surface area contributed by atoms with Crippen LogP contribution in [-0.4, -0.2) is 48.5 Å². The van der Waals surface area contributed by atoms with Crippen molar-refractivity contribution in [1.82, 2.24) is 5.48 Å². The number of hydrogen-bond donors (Lipinski definition) is 4. The molecule has 2 aliphatic rings. The molecule has 3 rings (SSSR count). The molecular weight excluding hydrogens is 544 g/mol. The fourth-order valence-electron chi connectivity index (χ4n) is 6.48. The summed E-state index contributed by atoms with van der Waals surface area (Å²) in [5.74, 6) is 2.23. The zero-order valence-electron chi connectivity index (χ0n) is 26.8. The van der Waals surface area contributed by atoms with Gasteiger partial charge in [0.05, 0.1) is 13.2 Å². The number of hydrogen-bond acceptors (Lipinski definition) is 6. The average molecular weight is 601 g/mol. The van der Waals surface area contributed by atoms with Crippen molar-refractivity contribution in [3.8, 4) is 0 Å². The quantitative estimate of drug-likeness (QED) is 0.0633. The molecule has 1 amide bonds. The first-order valence-electron chi connectivity index (χ1n) is 16.0. The highest BCUT2D eigenvalue weighted by molar-refractivity contribution is 8.02. The number of thioether (sulfide) groups is 1. The highest BCUT2D eigenvalue weighted by atomic mass is 32.2. The van der Waals surface area contributed by atoms with Crippen molar-refractivity contribution in [3.63, 3.8) is 0 Å². The molecule has 1 saturated carbocycles. The number of benzene rings is 1. The molecule has 8 heteroatoms. The second kappa shape index (κ2) is 16.7. The van der Waals surface area contributed by atoms with Crippen molar-refractivity contribution >= 4 is 35.3 Å². The van der Waals surface area contributed by atoms with Crippen LogP contribution in [0, 0.1) is 31.1 Å². The molecule has 1 aliphatic carbocycles. The molecule has 1 saturated heterocycles. The number of primary amides is 1. The first kappa shape index (κ1) is 34.5. The molecule has 0 unspecified atom stereocenters. The summed E-state index contributed by atoms with van der Waals surface area (Å²) in [4.78, 5) is 17.4. The molecule has 7 nitrogen and oxygen atoms in total. The lowest BCUT2D eigenvalue weighted by Crippen LogP contribution is -2.47. The fraction of sp³-hybridized carbons (Fsp3) is 0.706. The maximum absolute atomic E-state index is 12.6. The Hall–Kier alpha value is -2.03. The molecule has 42 heavy (non-hydrogen) atoms. The maximum atomic E-state index is 12.6. The zero-order valence-corrected chi connectivity index (χ0v) is 27.6. The number of unbranched alkanes of at least 4 members (excludes halogenated alkanes) is 5. The Balaban J connectivity index is 1.40. The molecule has 1 aromatic rings. The van der Waals surface area contributed by atoms with Crippen molar-refractivity contribution in [2.75, 3.05) is 31.3 Å². The minimum absolute atomic E-state index is 0.376. The van der Waals surface area contributed by atoms with E-state index in [2.05, 4.69) is 62.1 Å². The van der Waals surface area contributed by atoms with Crippen LogP contribution in [0.5, 0.6) is 0 Å². The molecular formula is C34H56N4O3S. The molecule has 1 aromatic carbocycles. The van der Waals surface area contributed by atoms with Gasteiger partial charge < -0.3 is 15.8 Å². The van der Waals surface area contributed by atoms with Crippen molar-refractivity contribution < 1.29 is 14.7 Å². The summed E-state index contributed by atoms with van der Waals surface area (Å²) >= 11 is 1.86. The monoisotopic (exact) mass is 600 g/mol. The normalized spacial score (nSPS) is 23.0. The largest absolute Gasteiger partial charge is 0.388 e. The summed E-state index contributed by atoms with van der Waals surface area (Å²) in [5.41, 5.74) is 12.7. The number of amidine groups is 1. The van der Waals surface area contributed by atoms with Gasteiger partial charge in [-0.15, -0.1) is 11.8 Å². The van der Waals surface area contributed by atoms with Crippen molar-refractivity contribution in [1.29, 1.82) is 0 Å². The van der Waals surface area contributed by atoms with E-state index in [1.807, 2.05) is 18.8 Å². The van der Waals surface area contributed by atoms with Gasteiger partial charge in [0.25, 0.3) is 0 Å². The van der Waals surface area contributed by atoms with Crippen LogP contribution in [0.2, 0.25) is 0 Å². The van der Waals surface area contributed by atoms with Crippen LogP contribution in [0.25, 0.3) is 6.08 Å². The van der Waals surface area contributed by atoms with E-state index in [1.165, 1.54) is 48.8 Å². The highest BCUT2D eigenvalue weighted by Crippen LogP contribution is 2.39. The third-order valence-corrected chi connectivity index (χ3v) is 10.6. The first-order valence-corrected chi connectivity index (χ1v) is 17.1. The fourth-order valence-corrected chi connectivity index (χ4v) is 7.40. The lowest BCUT2D eigenvalue weighted by atomic mass is 9.72. The number of nitrogens with one attached hydrogen (secondary N) is 2. The second-order valence-corrected chi connectivity index (χ2v) is 14.2. The number of aliphatic imine (C=N–C) groups is 1. The summed E-state index contributed by atoms with van der Waals surface area (Å²) < 4.78 is 5.34. The third kappa shape index (κ3) is 10.0. The van der Waals surface area contributed by atoms with E-state index in [1.54, 1.807) is 0 Å². The summed E-state index contributed by atoms with van der Waals surface area (Å²) in [7, 11) is 1.95. The maximum Gasteiger partial charge on any atom is 0.245 e. The summed E-state index contributed by atoms with van der Waals surface area (Å²) in [5, 5.41) is 15.2. The van der Waals surface area contributed by atoms with Crippen LogP contribution in [-0.2, 0) is 9.53 Å². The molecule has 0 aromatic heterocycles. The van der Waals surface area contributed by atoms with Gasteiger partial charge in [-0.3, -0.25) is 20.5 Å². The Kier molecular flexibility index (Phi) is 13.7. The molecule has 0 radical (unpaired) electrons. The average Bonchev–Trinajstić information content (AvgIpc) is 2.96. The molecule has 236 valence electrons. The Labute approximate surface area is 258 Å². The van der Waals surface area contributed by atoms with Crippen LogP contribution in [0.15, 0.2) is 22.5 Å². The van der Waals surface area contributed by atoms with E-state index >= 15 is 0 Å². The van der Waals surface area contributed by atoms with Gasteiger partial charge in [-0.1, -0.05) is 46.0 Å². The van der Waals surface area contributed by atoms with E-state index in [0.29, 0.717) is 42.3 Å². The topological polar surface area (TPSA) is 109 Å². The third-order valence-electron chi connectivity index (χ3n) is 9.52. The summed E-state index contributed by atoms with van der Waals surface area (Å²) in [6, 6.07) is 4.37. The Morgan fingerprint density at radius 2 is 1.76 bits per heavy atom. The van der Waals surface area contributed by atoms with Gasteiger partial charge in [-0.25, -0.2) is 0 Å². The van der Waals surface area contributed by atoms with E-state index in [-0.39, 0.29) is 5.91 Å². The summed E-state index contributed by atoms with van der Waals surface area (Å²) in [6.45, 7) is 10.8. The van der Waals surface area contributed by atoms with Crippen LogP contribution >= 0.6 is 11.8 Å². The number of carbonyl (C=O) groups excluding carboxylic acids is 1. The second-order valence-electron chi connectivity index (χ2n) is 13.2. The lowest BCUT2D eigenvalue weighted by molar-refractivity contribution is -0.124. The first-order chi connectivity index (χ1) is 20.1. The summed E-state index contributed by atoms with van der Waals surface area (Å²) in [6.07, 6.45) is 14.2. The smallest absolute Gasteiger partial charge is 0.245 e. The van der Waals surface area contributed by atoms with Gasteiger partial charge in [0, 0.05) is 30.3 Å². The number of anilines is 1. The Bertz CT molecular complexity index is 1040. The van der Waals surface area contributed by atoms with Crippen LogP contribution in [0.1, 0.15) is 108 Å². The van der Waals surface area contributed by atoms with E-state index in [0.717, 1.165) is 50.3 Å². The SMILES string of the molecule is CNc1cc(C)c(/C=C/SC[C@H](C)C2CCC(N=C(CCCCCCCCC3(C)COC3)NO)(C(N)=O)CC2)c(C)c1. The molecule has 2 fully saturated rings. The standard InChI is InChI=1S/C34H56N4O3S/c1-25-20-29(36-5)21-26(2)30(25)15-19-42-22-27(3)28-13-17-34(18-14-28,32(35)39)37-31(38-40)12-10-8-6-7-9-11-16-33(4)23-41-24-33/h15,19-21,27-28,36,40H,6-14,16-18,22-24H2,1-5H3,(H2,35,39)(H,37,38)/b19-15+/t27-,28?,34?/m0/s1. The number of hydroxylamine groups is 1. The van der Waals surface area contributed by atoms with Crippen LogP contribution < -0.4 is 16.5 Å². The molecule has 1 heterocycles. The van der Waals surface area contributed by atoms with E-state index in [9.17, 15) is 10.0 Å². The Morgan fingerprint density at radius 1 is 1.14 bits per heavy atom. The molecule has 0 spiro atoms. The molecule has 5 N–H and O–H groups in total. The van der Waals surface area contributed by atoms with Gasteiger partial charge in [-0.2, -0.15) is 0 Å². The van der Waals surface area contributed by atoms with Crippen molar-refractivity contribution in [2.45, 2.75) is 110 Å². The van der Waals surface area contributed by atoms with Gasteiger partial charge >= 0.3 is 0 Å². The van der Waals surface area contributed by atoms with Gasteiger partial charge in [0.15, 0.2) is 0 Å². The number of carbonyl (C=O) groups is 1. The van der Waals surface area contributed by atoms with Crippen molar-refractivity contribution in [3.05, 3.63) is 34.2 Å². The predicted molar refractivity (Wildman–Crippen MR) is 178 cm³/mol. The molecule has 0 bridgehead atoms. The van der Waals surface area contributed by atoms with Gasteiger partial charge in [0.2, 0.25) is 5.91 Å². The molecule has 1 atom stereocenters. The number of ether oxygens (including phenoxy) is 1. The lowest BCUT2D eigenvalue weighted by Gasteiger charge is -2.38. The van der Waals surface area contributed by atoms with Gasteiger partial charge in [-0.05, 0) is 105 Å². The van der Waals surface area contributed by atoms with E-state index < -0.39 is 5.54 Å². The number of nitrogens with zero attached hydrogens (tertiary/aromatic N) is 1. The minimum Gasteiger partial charge on any atom is -0.388 e. The number of nitrogens with two attached hydrogens (primary N) is 1. The van der Waals surface area contributed by atoms with Gasteiger partial charge in [0.1, 0.15) is 11.4 Å². The van der Waals surface area contributed by atoms with E-state index in [4.69, 9.17) is 15.5 Å². The number of aryl methyl sites for hydroxylation is 2. The predicted octanol–water partition coefficient (Wildman–Crippen LogP) is 7.63. The van der Waals surface area contributed by atoms with Crippen molar-refractivity contribution in [2.24, 2.45) is 28.0 Å². The molecule has 1 aliphatic heterocycles.